The molecule has 1 aromatic carbocycles. The van der Waals surface area contributed by atoms with Gasteiger partial charge in [-0.3, -0.25) is 9.59 Å². The molecule has 18 heavy (non-hydrogen) atoms. The highest BCUT2D eigenvalue weighted by Gasteiger charge is 2.05. The Morgan fingerprint density at radius 2 is 1.94 bits per heavy atom. The highest BCUT2D eigenvalue weighted by molar-refractivity contribution is 5.79. The van der Waals surface area contributed by atoms with Gasteiger partial charge < -0.3 is 10.1 Å². The van der Waals surface area contributed by atoms with E-state index in [-0.39, 0.29) is 18.3 Å². The summed E-state index contributed by atoms with van der Waals surface area (Å²) >= 11 is 0. The van der Waals surface area contributed by atoms with Crippen molar-refractivity contribution in [3.05, 3.63) is 34.9 Å². The Kier molecular flexibility index (Phi) is 5.36. The standard InChI is InChI=1S/C14H19NO3/c1-10-4-5-12(8-11(10)2)9-13(16)15-7-6-14(17)18-3/h4-5,8H,6-7,9H2,1-3H3,(H,15,16). The van der Waals surface area contributed by atoms with E-state index in [9.17, 15) is 9.59 Å². The number of carbonyl (C=O) groups excluding carboxylic acids is 2. The number of esters is 1. The van der Waals surface area contributed by atoms with Crippen LogP contribution in [0.25, 0.3) is 0 Å². The normalized spacial score (nSPS) is 9.94. The van der Waals surface area contributed by atoms with Gasteiger partial charge in [0, 0.05) is 6.54 Å². The first-order valence-electron chi connectivity index (χ1n) is 5.92. The van der Waals surface area contributed by atoms with Gasteiger partial charge in [-0.2, -0.15) is 0 Å². The van der Waals surface area contributed by atoms with Crippen LogP contribution in [0.5, 0.6) is 0 Å². The van der Waals surface area contributed by atoms with Crippen LogP contribution in [0, 0.1) is 13.8 Å². The predicted octanol–water partition coefficient (Wildman–Crippen LogP) is 1.53. The first-order chi connectivity index (χ1) is 8.52. The lowest BCUT2D eigenvalue weighted by Gasteiger charge is -2.06. The molecule has 1 N–H and O–H groups in total. The smallest absolute Gasteiger partial charge is 0.307 e. The summed E-state index contributed by atoms with van der Waals surface area (Å²) in [5.41, 5.74) is 3.37. The van der Waals surface area contributed by atoms with Gasteiger partial charge in [-0.1, -0.05) is 18.2 Å². The molecule has 0 fully saturated rings. The van der Waals surface area contributed by atoms with Crippen LogP contribution in [0.15, 0.2) is 18.2 Å². The Bertz CT molecular complexity index is 441. The summed E-state index contributed by atoms with van der Waals surface area (Å²) in [6, 6.07) is 5.96. The minimum Gasteiger partial charge on any atom is -0.469 e. The molecule has 0 heterocycles. The van der Waals surface area contributed by atoms with Crippen molar-refractivity contribution in [2.75, 3.05) is 13.7 Å². The lowest BCUT2D eigenvalue weighted by Crippen LogP contribution is -2.27. The molecule has 0 aliphatic heterocycles. The number of rotatable bonds is 5. The summed E-state index contributed by atoms with van der Waals surface area (Å²) in [5, 5.41) is 2.69. The van der Waals surface area contributed by atoms with E-state index < -0.39 is 0 Å². The summed E-state index contributed by atoms with van der Waals surface area (Å²) in [7, 11) is 1.33. The summed E-state index contributed by atoms with van der Waals surface area (Å²) in [6.45, 7) is 4.37. The lowest BCUT2D eigenvalue weighted by molar-refractivity contribution is -0.140. The van der Waals surface area contributed by atoms with Gasteiger partial charge in [-0.15, -0.1) is 0 Å². The van der Waals surface area contributed by atoms with Crippen LogP contribution < -0.4 is 5.32 Å². The maximum atomic E-state index is 11.6. The van der Waals surface area contributed by atoms with Gasteiger partial charge >= 0.3 is 5.97 Å². The van der Waals surface area contributed by atoms with Crippen molar-refractivity contribution >= 4 is 11.9 Å². The zero-order valence-electron chi connectivity index (χ0n) is 11.1. The van der Waals surface area contributed by atoms with E-state index in [1.807, 2.05) is 32.0 Å². The zero-order chi connectivity index (χ0) is 13.5. The van der Waals surface area contributed by atoms with Crippen LogP contribution in [0.4, 0.5) is 0 Å². The molecule has 0 saturated heterocycles. The topological polar surface area (TPSA) is 55.4 Å². The molecule has 4 nitrogen and oxygen atoms in total. The molecule has 0 aromatic heterocycles. The molecule has 0 aliphatic carbocycles. The maximum absolute atomic E-state index is 11.6. The van der Waals surface area contributed by atoms with Crippen LogP contribution >= 0.6 is 0 Å². The zero-order valence-corrected chi connectivity index (χ0v) is 11.1. The molecular weight excluding hydrogens is 230 g/mol. The molecule has 1 rings (SSSR count). The number of carbonyl (C=O) groups is 2. The van der Waals surface area contributed by atoms with Gasteiger partial charge in [0.05, 0.1) is 20.0 Å². The van der Waals surface area contributed by atoms with Crippen molar-refractivity contribution in [3.8, 4) is 0 Å². The number of benzene rings is 1. The van der Waals surface area contributed by atoms with Gasteiger partial charge in [0.1, 0.15) is 0 Å². The number of hydrogen-bond acceptors (Lipinski definition) is 3. The molecule has 0 unspecified atom stereocenters. The lowest BCUT2D eigenvalue weighted by atomic mass is 10.0. The third-order valence-corrected chi connectivity index (χ3v) is 2.81. The van der Waals surface area contributed by atoms with Crippen molar-refractivity contribution in [2.24, 2.45) is 0 Å². The predicted molar refractivity (Wildman–Crippen MR) is 69.3 cm³/mol. The van der Waals surface area contributed by atoms with Gasteiger partial charge in [0.15, 0.2) is 0 Å². The second-order valence-corrected chi connectivity index (χ2v) is 4.27. The molecule has 4 heteroatoms. The highest BCUT2D eigenvalue weighted by Crippen LogP contribution is 2.10. The van der Waals surface area contributed by atoms with Crippen molar-refractivity contribution in [1.82, 2.24) is 5.32 Å². The van der Waals surface area contributed by atoms with E-state index in [1.54, 1.807) is 0 Å². The quantitative estimate of drug-likeness (QED) is 0.805. The summed E-state index contributed by atoms with van der Waals surface area (Å²) in [4.78, 5) is 22.5. The van der Waals surface area contributed by atoms with Crippen LogP contribution in [-0.4, -0.2) is 25.5 Å². The van der Waals surface area contributed by atoms with Crippen molar-refractivity contribution in [3.63, 3.8) is 0 Å². The Balaban J connectivity index is 2.40. The first-order valence-corrected chi connectivity index (χ1v) is 5.92. The van der Waals surface area contributed by atoms with Gasteiger partial charge in [0.2, 0.25) is 5.91 Å². The molecular formula is C14H19NO3. The fourth-order valence-corrected chi connectivity index (χ4v) is 1.57. The summed E-state index contributed by atoms with van der Waals surface area (Å²) in [5.74, 6) is -0.399. The SMILES string of the molecule is COC(=O)CCNC(=O)Cc1ccc(C)c(C)c1. The summed E-state index contributed by atoms with van der Waals surface area (Å²) < 4.78 is 4.49. The maximum Gasteiger partial charge on any atom is 0.307 e. The van der Waals surface area contributed by atoms with Crippen LogP contribution in [0.3, 0.4) is 0 Å². The van der Waals surface area contributed by atoms with E-state index in [1.165, 1.54) is 18.2 Å². The third-order valence-electron chi connectivity index (χ3n) is 2.81. The molecule has 0 bridgehead atoms. The molecule has 0 radical (unpaired) electrons. The van der Waals surface area contributed by atoms with Crippen molar-refractivity contribution in [2.45, 2.75) is 26.7 Å². The molecule has 98 valence electrons. The Labute approximate surface area is 107 Å². The second kappa shape index (κ2) is 6.79. The van der Waals surface area contributed by atoms with Gasteiger partial charge in [-0.05, 0) is 30.5 Å². The molecule has 1 aromatic rings. The van der Waals surface area contributed by atoms with Crippen LogP contribution in [0.2, 0.25) is 0 Å². The minimum absolute atomic E-state index is 0.0813. The summed E-state index contributed by atoms with van der Waals surface area (Å²) in [6.07, 6.45) is 0.539. The van der Waals surface area contributed by atoms with E-state index in [4.69, 9.17) is 0 Å². The third kappa shape index (κ3) is 4.57. The molecule has 0 atom stereocenters. The molecule has 1 amide bonds. The first kappa shape index (κ1) is 14.2. The molecule has 0 saturated carbocycles. The van der Waals surface area contributed by atoms with Crippen molar-refractivity contribution < 1.29 is 14.3 Å². The van der Waals surface area contributed by atoms with Crippen LogP contribution in [-0.2, 0) is 20.7 Å². The second-order valence-electron chi connectivity index (χ2n) is 4.27. The van der Waals surface area contributed by atoms with E-state index in [0.717, 1.165) is 5.56 Å². The number of ether oxygens (including phenoxy) is 1. The Hall–Kier alpha value is -1.84. The number of amides is 1. The van der Waals surface area contributed by atoms with E-state index >= 15 is 0 Å². The highest BCUT2D eigenvalue weighted by atomic mass is 16.5. The monoisotopic (exact) mass is 249 g/mol. The van der Waals surface area contributed by atoms with Gasteiger partial charge in [-0.25, -0.2) is 0 Å². The van der Waals surface area contributed by atoms with Gasteiger partial charge in [0.25, 0.3) is 0 Å². The minimum atomic E-state index is -0.318. The fourth-order valence-electron chi connectivity index (χ4n) is 1.57. The number of aryl methyl sites for hydroxylation is 2. The number of nitrogens with one attached hydrogen (secondary N) is 1. The van der Waals surface area contributed by atoms with E-state index in [2.05, 4.69) is 10.1 Å². The molecule has 0 aliphatic rings. The molecule has 0 spiro atoms. The average molecular weight is 249 g/mol. The largest absolute Gasteiger partial charge is 0.469 e. The van der Waals surface area contributed by atoms with Crippen LogP contribution in [0.1, 0.15) is 23.1 Å². The average Bonchev–Trinajstić information content (AvgIpc) is 2.33. The fraction of sp³-hybridized carbons (Fsp3) is 0.429. The Morgan fingerprint density at radius 1 is 1.22 bits per heavy atom. The number of methoxy groups -OCH3 is 1. The Morgan fingerprint density at radius 3 is 2.56 bits per heavy atom. The number of hydrogen-bond donors (Lipinski definition) is 1. The van der Waals surface area contributed by atoms with Crippen molar-refractivity contribution in [1.29, 1.82) is 0 Å². The van der Waals surface area contributed by atoms with E-state index in [0.29, 0.717) is 13.0 Å².